The van der Waals surface area contributed by atoms with Crippen LogP contribution in [-0.2, 0) is 0 Å². The molecule has 0 aliphatic heterocycles. The van der Waals surface area contributed by atoms with E-state index in [2.05, 4.69) is 18.7 Å². The van der Waals surface area contributed by atoms with Crippen molar-refractivity contribution < 1.29 is 4.39 Å². The molecule has 1 aliphatic carbocycles. The zero-order chi connectivity index (χ0) is 13.3. The summed E-state index contributed by atoms with van der Waals surface area (Å²) in [7, 11) is 0. The minimum Gasteiger partial charge on any atom is -0.369 e. The van der Waals surface area contributed by atoms with Gasteiger partial charge in [0, 0.05) is 24.3 Å². The summed E-state index contributed by atoms with van der Waals surface area (Å²) in [5.41, 5.74) is 7.97. The van der Waals surface area contributed by atoms with Crippen molar-refractivity contribution >= 4 is 5.69 Å². The number of hydrogen-bond donors (Lipinski definition) is 1. The Morgan fingerprint density at radius 1 is 1.33 bits per heavy atom. The van der Waals surface area contributed by atoms with Crippen molar-refractivity contribution in [3.8, 4) is 0 Å². The van der Waals surface area contributed by atoms with Crippen LogP contribution < -0.4 is 10.6 Å². The SMILES string of the molecule is CC(C)N(CC1CC1)c1ccc(F)cc1[C@@H](C)N. The first-order chi connectivity index (χ1) is 8.49. The lowest BCUT2D eigenvalue weighted by Gasteiger charge is -2.32. The molecule has 0 amide bonds. The van der Waals surface area contributed by atoms with E-state index in [0.717, 1.165) is 23.7 Å². The van der Waals surface area contributed by atoms with Gasteiger partial charge in [-0.25, -0.2) is 4.39 Å². The molecule has 1 atom stereocenters. The predicted molar refractivity (Wildman–Crippen MR) is 74.2 cm³/mol. The zero-order valence-corrected chi connectivity index (χ0v) is 11.5. The van der Waals surface area contributed by atoms with Crippen LogP contribution in [0.1, 0.15) is 45.2 Å². The lowest BCUT2D eigenvalue weighted by atomic mass is 10.0. The second-order valence-electron chi connectivity index (χ2n) is 5.68. The van der Waals surface area contributed by atoms with Gasteiger partial charge in [-0.15, -0.1) is 0 Å². The van der Waals surface area contributed by atoms with Crippen LogP contribution in [0.4, 0.5) is 10.1 Å². The van der Waals surface area contributed by atoms with Gasteiger partial charge in [-0.2, -0.15) is 0 Å². The molecule has 0 radical (unpaired) electrons. The summed E-state index contributed by atoms with van der Waals surface area (Å²) in [5, 5.41) is 0. The van der Waals surface area contributed by atoms with Gasteiger partial charge in [0.2, 0.25) is 0 Å². The summed E-state index contributed by atoms with van der Waals surface area (Å²) < 4.78 is 13.4. The molecule has 0 unspecified atom stereocenters. The Morgan fingerprint density at radius 3 is 2.50 bits per heavy atom. The Kier molecular flexibility index (Phi) is 3.91. The molecule has 2 nitrogen and oxygen atoms in total. The van der Waals surface area contributed by atoms with Gasteiger partial charge in [0.15, 0.2) is 0 Å². The summed E-state index contributed by atoms with van der Waals surface area (Å²) in [6, 6.07) is 5.24. The first-order valence-electron chi connectivity index (χ1n) is 6.80. The Bertz CT molecular complexity index is 411. The Balaban J connectivity index is 2.32. The molecule has 0 bridgehead atoms. The maximum absolute atomic E-state index is 13.4. The average molecular weight is 250 g/mol. The summed E-state index contributed by atoms with van der Waals surface area (Å²) in [6.07, 6.45) is 2.63. The van der Waals surface area contributed by atoms with Crippen LogP contribution in [0.2, 0.25) is 0 Å². The fourth-order valence-corrected chi connectivity index (χ4v) is 2.32. The van der Waals surface area contributed by atoms with Crippen LogP contribution in [-0.4, -0.2) is 12.6 Å². The van der Waals surface area contributed by atoms with E-state index in [0.29, 0.717) is 6.04 Å². The average Bonchev–Trinajstić information content (AvgIpc) is 3.09. The largest absolute Gasteiger partial charge is 0.369 e. The molecule has 1 aromatic rings. The first-order valence-corrected chi connectivity index (χ1v) is 6.80. The number of benzene rings is 1. The highest BCUT2D eigenvalue weighted by atomic mass is 19.1. The summed E-state index contributed by atoms with van der Waals surface area (Å²) in [4.78, 5) is 2.36. The number of nitrogens with zero attached hydrogens (tertiary/aromatic N) is 1. The normalized spacial score (nSPS) is 17.0. The van der Waals surface area contributed by atoms with Gasteiger partial charge in [0.05, 0.1) is 0 Å². The Labute approximate surface area is 109 Å². The number of nitrogens with two attached hydrogens (primary N) is 1. The van der Waals surface area contributed by atoms with E-state index in [1.165, 1.54) is 18.9 Å². The highest BCUT2D eigenvalue weighted by Crippen LogP contribution is 2.34. The molecule has 1 fully saturated rings. The Morgan fingerprint density at radius 2 is 2.00 bits per heavy atom. The van der Waals surface area contributed by atoms with E-state index >= 15 is 0 Å². The number of rotatable bonds is 5. The van der Waals surface area contributed by atoms with E-state index in [4.69, 9.17) is 5.73 Å². The van der Waals surface area contributed by atoms with E-state index in [1.54, 1.807) is 6.07 Å². The van der Waals surface area contributed by atoms with Gasteiger partial charge >= 0.3 is 0 Å². The summed E-state index contributed by atoms with van der Waals surface area (Å²) in [6.45, 7) is 7.32. The van der Waals surface area contributed by atoms with Gasteiger partial charge in [-0.3, -0.25) is 0 Å². The van der Waals surface area contributed by atoms with E-state index in [1.807, 2.05) is 13.0 Å². The summed E-state index contributed by atoms with van der Waals surface area (Å²) >= 11 is 0. The van der Waals surface area contributed by atoms with Crippen LogP contribution in [0.3, 0.4) is 0 Å². The third-order valence-electron chi connectivity index (χ3n) is 3.56. The molecular formula is C15H23FN2. The van der Waals surface area contributed by atoms with Crippen molar-refractivity contribution in [2.45, 2.75) is 45.7 Å². The van der Waals surface area contributed by atoms with Gasteiger partial charge in [-0.1, -0.05) is 0 Å². The van der Waals surface area contributed by atoms with Crippen LogP contribution in [0.15, 0.2) is 18.2 Å². The highest BCUT2D eigenvalue weighted by Gasteiger charge is 2.27. The second kappa shape index (κ2) is 5.27. The van der Waals surface area contributed by atoms with Crippen molar-refractivity contribution in [2.75, 3.05) is 11.4 Å². The monoisotopic (exact) mass is 250 g/mol. The van der Waals surface area contributed by atoms with E-state index in [-0.39, 0.29) is 11.9 Å². The molecule has 1 saturated carbocycles. The molecule has 0 aromatic heterocycles. The topological polar surface area (TPSA) is 29.3 Å². The molecule has 0 saturated heterocycles. The fraction of sp³-hybridized carbons (Fsp3) is 0.600. The summed E-state index contributed by atoms with van der Waals surface area (Å²) in [5.74, 6) is 0.597. The molecular weight excluding hydrogens is 227 g/mol. The quantitative estimate of drug-likeness (QED) is 0.867. The van der Waals surface area contributed by atoms with Gasteiger partial charge < -0.3 is 10.6 Å². The van der Waals surface area contributed by atoms with Crippen LogP contribution in [0.5, 0.6) is 0 Å². The lowest BCUT2D eigenvalue weighted by Crippen LogP contribution is -2.34. The van der Waals surface area contributed by atoms with Crippen molar-refractivity contribution in [1.82, 2.24) is 0 Å². The second-order valence-corrected chi connectivity index (χ2v) is 5.68. The fourth-order valence-electron chi connectivity index (χ4n) is 2.32. The van der Waals surface area contributed by atoms with Crippen molar-refractivity contribution in [2.24, 2.45) is 11.7 Å². The molecule has 2 rings (SSSR count). The maximum Gasteiger partial charge on any atom is 0.123 e. The lowest BCUT2D eigenvalue weighted by molar-refractivity contribution is 0.612. The standard InChI is InChI=1S/C15H23FN2/c1-10(2)18(9-12-4-5-12)15-7-6-13(16)8-14(15)11(3)17/h6-8,10-12H,4-5,9,17H2,1-3H3/t11-/m1/s1. The van der Waals surface area contributed by atoms with Gasteiger partial charge in [-0.05, 0) is 63.3 Å². The molecule has 3 heteroatoms. The van der Waals surface area contributed by atoms with Gasteiger partial charge in [0.1, 0.15) is 5.82 Å². The molecule has 100 valence electrons. The third kappa shape index (κ3) is 3.02. The molecule has 18 heavy (non-hydrogen) atoms. The van der Waals surface area contributed by atoms with Crippen LogP contribution in [0, 0.1) is 11.7 Å². The van der Waals surface area contributed by atoms with Crippen molar-refractivity contribution in [1.29, 1.82) is 0 Å². The molecule has 2 N–H and O–H groups in total. The van der Waals surface area contributed by atoms with Gasteiger partial charge in [0.25, 0.3) is 0 Å². The minimum absolute atomic E-state index is 0.142. The van der Waals surface area contributed by atoms with Crippen LogP contribution in [0.25, 0.3) is 0 Å². The molecule has 0 heterocycles. The molecule has 1 aromatic carbocycles. The first kappa shape index (κ1) is 13.3. The smallest absolute Gasteiger partial charge is 0.123 e. The van der Waals surface area contributed by atoms with Crippen LogP contribution >= 0.6 is 0 Å². The minimum atomic E-state index is -0.207. The van der Waals surface area contributed by atoms with Crippen molar-refractivity contribution in [3.05, 3.63) is 29.6 Å². The van der Waals surface area contributed by atoms with E-state index in [9.17, 15) is 4.39 Å². The van der Waals surface area contributed by atoms with Crippen molar-refractivity contribution in [3.63, 3.8) is 0 Å². The van der Waals surface area contributed by atoms with E-state index < -0.39 is 0 Å². The number of hydrogen-bond acceptors (Lipinski definition) is 2. The predicted octanol–water partition coefficient (Wildman–Crippen LogP) is 3.47. The maximum atomic E-state index is 13.4. The number of anilines is 1. The third-order valence-corrected chi connectivity index (χ3v) is 3.56. The Hall–Kier alpha value is -1.09. The zero-order valence-electron chi connectivity index (χ0n) is 11.5. The number of halogens is 1. The molecule has 0 spiro atoms. The molecule has 1 aliphatic rings. The highest BCUT2D eigenvalue weighted by molar-refractivity contribution is 5.56.